The highest BCUT2D eigenvalue weighted by atomic mass is 19.1. The van der Waals surface area contributed by atoms with Gasteiger partial charge in [-0.1, -0.05) is 26.0 Å². The first-order valence-electron chi connectivity index (χ1n) is 8.56. The lowest BCUT2D eigenvalue weighted by molar-refractivity contribution is -0.122. The zero-order valence-corrected chi connectivity index (χ0v) is 15.4. The number of nitrogens with zero attached hydrogens (tertiary/aromatic N) is 1. The Morgan fingerprint density at radius 1 is 1.15 bits per heavy atom. The molecule has 0 saturated carbocycles. The molecular weight excluding hydrogens is 347 g/mol. The van der Waals surface area contributed by atoms with Crippen LogP contribution >= 0.6 is 0 Å². The number of carbonyl (C=O) groups excluding carboxylic acids is 2. The number of halogens is 1. The van der Waals surface area contributed by atoms with Crippen LogP contribution in [-0.2, 0) is 4.79 Å². The molecule has 6 nitrogen and oxygen atoms in total. The minimum absolute atomic E-state index is 0.119. The predicted molar refractivity (Wildman–Crippen MR) is 103 cm³/mol. The van der Waals surface area contributed by atoms with Crippen LogP contribution in [0.25, 0.3) is 0 Å². The summed E-state index contributed by atoms with van der Waals surface area (Å²) in [7, 11) is 0. The second kappa shape index (κ2) is 7.19. The van der Waals surface area contributed by atoms with Crippen molar-refractivity contribution < 1.29 is 14.0 Å². The van der Waals surface area contributed by atoms with E-state index in [1.54, 1.807) is 25.1 Å². The fraction of sp³-hybridized carbons (Fsp3) is 0.250. The molecule has 0 saturated heterocycles. The minimum Gasteiger partial charge on any atom is -0.308 e. The van der Waals surface area contributed by atoms with Crippen molar-refractivity contribution in [3.05, 3.63) is 59.4 Å². The summed E-state index contributed by atoms with van der Waals surface area (Å²) in [6.45, 7) is 5.54. The molecule has 27 heavy (non-hydrogen) atoms. The highest BCUT2D eigenvalue weighted by Crippen LogP contribution is 2.30. The normalized spacial score (nSPS) is 15.6. The van der Waals surface area contributed by atoms with Crippen LogP contribution in [0.2, 0.25) is 0 Å². The minimum atomic E-state index is -0.434. The standard InChI is InChI=1S/C20H21FN4O2/c1-12-9-15(7-8-16(12)21)23-19(27)22-14-6-4-5-13(10-14)18-20(2,3)11-17(26)24-25-18/h4-10H,11H2,1-3H3,(H,24,26)(H2,22,23,27). The molecular formula is C20H21FN4O2. The van der Waals surface area contributed by atoms with Crippen molar-refractivity contribution in [3.63, 3.8) is 0 Å². The maximum absolute atomic E-state index is 13.3. The van der Waals surface area contributed by atoms with E-state index >= 15 is 0 Å². The average molecular weight is 368 g/mol. The van der Waals surface area contributed by atoms with E-state index in [2.05, 4.69) is 21.2 Å². The molecule has 0 aromatic heterocycles. The molecule has 1 heterocycles. The second-order valence-corrected chi connectivity index (χ2v) is 7.18. The molecule has 7 heteroatoms. The van der Waals surface area contributed by atoms with Gasteiger partial charge in [-0.25, -0.2) is 14.6 Å². The largest absolute Gasteiger partial charge is 0.323 e. The summed E-state index contributed by atoms with van der Waals surface area (Å²) in [5.74, 6) is -0.441. The SMILES string of the molecule is Cc1cc(NC(=O)Nc2cccc(C3=NNC(=O)CC3(C)C)c2)ccc1F. The van der Waals surface area contributed by atoms with Crippen molar-refractivity contribution in [1.29, 1.82) is 0 Å². The molecule has 1 aliphatic rings. The highest BCUT2D eigenvalue weighted by molar-refractivity contribution is 6.09. The number of benzene rings is 2. The number of nitrogens with one attached hydrogen (secondary N) is 3. The Bertz CT molecular complexity index is 937. The number of hydrogen-bond donors (Lipinski definition) is 3. The number of anilines is 2. The van der Waals surface area contributed by atoms with Crippen molar-refractivity contribution in [1.82, 2.24) is 5.43 Å². The Morgan fingerprint density at radius 2 is 1.85 bits per heavy atom. The fourth-order valence-electron chi connectivity index (χ4n) is 3.01. The van der Waals surface area contributed by atoms with Crippen LogP contribution in [0.1, 0.15) is 31.4 Å². The van der Waals surface area contributed by atoms with E-state index in [0.29, 0.717) is 23.4 Å². The Kier molecular flexibility index (Phi) is 4.94. The molecule has 1 aliphatic heterocycles. The number of aryl methyl sites for hydroxylation is 1. The van der Waals surface area contributed by atoms with E-state index < -0.39 is 11.4 Å². The van der Waals surface area contributed by atoms with Crippen LogP contribution in [0.3, 0.4) is 0 Å². The lowest BCUT2D eigenvalue weighted by Crippen LogP contribution is -2.39. The van der Waals surface area contributed by atoms with E-state index in [1.165, 1.54) is 12.1 Å². The van der Waals surface area contributed by atoms with Crippen molar-refractivity contribution in [2.45, 2.75) is 27.2 Å². The molecule has 0 atom stereocenters. The average Bonchev–Trinajstić information content (AvgIpc) is 2.57. The van der Waals surface area contributed by atoms with Crippen molar-refractivity contribution in [2.75, 3.05) is 10.6 Å². The Balaban J connectivity index is 1.75. The van der Waals surface area contributed by atoms with Gasteiger partial charge in [-0.05, 0) is 42.8 Å². The summed E-state index contributed by atoms with van der Waals surface area (Å²) in [5.41, 5.74) is 5.20. The maximum Gasteiger partial charge on any atom is 0.323 e. The smallest absolute Gasteiger partial charge is 0.308 e. The summed E-state index contributed by atoms with van der Waals surface area (Å²) < 4.78 is 13.3. The van der Waals surface area contributed by atoms with Crippen LogP contribution in [0, 0.1) is 18.2 Å². The van der Waals surface area contributed by atoms with E-state index in [9.17, 15) is 14.0 Å². The Labute approximate surface area is 156 Å². The quantitative estimate of drug-likeness (QED) is 0.764. The lowest BCUT2D eigenvalue weighted by atomic mass is 9.79. The van der Waals surface area contributed by atoms with Crippen LogP contribution in [0.5, 0.6) is 0 Å². The van der Waals surface area contributed by atoms with Gasteiger partial charge in [-0.2, -0.15) is 5.10 Å². The van der Waals surface area contributed by atoms with E-state index in [4.69, 9.17) is 0 Å². The van der Waals surface area contributed by atoms with Gasteiger partial charge < -0.3 is 10.6 Å². The van der Waals surface area contributed by atoms with Crippen LogP contribution in [0.4, 0.5) is 20.6 Å². The molecule has 0 fully saturated rings. The molecule has 0 spiro atoms. The molecule has 3 amide bonds. The molecule has 2 aromatic rings. The predicted octanol–water partition coefficient (Wildman–Crippen LogP) is 4.03. The van der Waals surface area contributed by atoms with Gasteiger partial charge >= 0.3 is 6.03 Å². The van der Waals surface area contributed by atoms with Gasteiger partial charge in [0, 0.05) is 28.8 Å². The number of carbonyl (C=O) groups is 2. The van der Waals surface area contributed by atoms with Crippen molar-refractivity contribution in [2.24, 2.45) is 10.5 Å². The molecule has 3 rings (SSSR count). The fourth-order valence-corrected chi connectivity index (χ4v) is 3.01. The van der Waals surface area contributed by atoms with Crippen LogP contribution in [0.15, 0.2) is 47.6 Å². The van der Waals surface area contributed by atoms with Crippen molar-refractivity contribution in [3.8, 4) is 0 Å². The second-order valence-electron chi connectivity index (χ2n) is 7.18. The first-order chi connectivity index (χ1) is 12.7. The number of hydrogen-bond acceptors (Lipinski definition) is 3. The Morgan fingerprint density at radius 3 is 2.52 bits per heavy atom. The highest BCUT2D eigenvalue weighted by Gasteiger charge is 2.33. The number of amides is 3. The van der Waals surface area contributed by atoms with Gasteiger partial charge in [0.25, 0.3) is 0 Å². The first-order valence-corrected chi connectivity index (χ1v) is 8.56. The van der Waals surface area contributed by atoms with E-state index in [0.717, 1.165) is 11.3 Å². The van der Waals surface area contributed by atoms with Gasteiger partial charge in [0.2, 0.25) is 5.91 Å². The lowest BCUT2D eigenvalue weighted by Gasteiger charge is -2.29. The number of rotatable bonds is 3. The molecule has 0 unspecified atom stereocenters. The monoisotopic (exact) mass is 368 g/mol. The topological polar surface area (TPSA) is 82.6 Å². The Hall–Kier alpha value is -3.22. The molecule has 0 aliphatic carbocycles. The third-order valence-corrected chi connectivity index (χ3v) is 4.35. The maximum atomic E-state index is 13.3. The zero-order valence-electron chi connectivity index (χ0n) is 15.4. The zero-order chi connectivity index (χ0) is 19.6. The van der Waals surface area contributed by atoms with E-state index in [1.807, 2.05) is 26.0 Å². The van der Waals surface area contributed by atoms with Crippen LogP contribution < -0.4 is 16.1 Å². The first kappa shape index (κ1) is 18.6. The van der Waals surface area contributed by atoms with E-state index in [-0.39, 0.29) is 11.7 Å². The molecule has 140 valence electrons. The van der Waals surface area contributed by atoms with Crippen LogP contribution in [-0.4, -0.2) is 17.6 Å². The van der Waals surface area contributed by atoms with Gasteiger partial charge in [0.15, 0.2) is 0 Å². The van der Waals surface area contributed by atoms with Gasteiger partial charge in [-0.15, -0.1) is 0 Å². The summed E-state index contributed by atoms with van der Waals surface area (Å²) in [5, 5.41) is 9.62. The summed E-state index contributed by atoms with van der Waals surface area (Å²) in [6.07, 6.45) is 0.341. The van der Waals surface area contributed by atoms with Crippen molar-refractivity contribution >= 4 is 29.0 Å². The summed E-state index contributed by atoms with van der Waals surface area (Å²) >= 11 is 0. The number of hydrazone groups is 1. The molecule has 3 N–H and O–H groups in total. The number of urea groups is 1. The van der Waals surface area contributed by atoms with Gasteiger partial charge in [0.05, 0.1) is 5.71 Å². The molecule has 0 bridgehead atoms. The van der Waals surface area contributed by atoms with Gasteiger partial charge in [-0.3, -0.25) is 4.79 Å². The van der Waals surface area contributed by atoms with Gasteiger partial charge in [0.1, 0.15) is 5.82 Å². The molecule has 2 aromatic carbocycles. The summed E-state index contributed by atoms with van der Waals surface area (Å²) in [6, 6.07) is 11.2. The summed E-state index contributed by atoms with van der Waals surface area (Å²) in [4.78, 5) is 23.8. The molecule has 0 radical (unpaired) electrons. The third kappa shape index (κ3) is 4.31. The third-order valence-electron chi connectivity index (χ3n) is 4.35.